The molecule has 108 valence electrons. The van der Waals surface area contributed by atoms with E-state index in [1.54, 1.807) is 0 Å². The minimum atomic E-state index is 0.0929. The molecule has 0 bridgehead atoms. The second-order valence-corrected chi connectivity index (χ2v) is 5.61. The van der Waals surface area contributed by atoms with Crippen LogP contribution in [-0.2, 0) is 11.3 Å². The smallest absolute Gasteiger partial charge is 0.221 e. The molecule has 0 radical (unpaired) electrons. The van der Waals surface area contributed by atoms with E-state index in [9.17, 15) is 4.79 Å². The van der Waals surface area contributed by atoms with Gasteiger partial charge in [-0.3, -0.25) is 9.48 Å². The number of nitrogens with zero attached hydrogens (tertiary/aromatic N) is 3. The normalized spacial score (nSPS) is 11.0. The van der Waals surface area contributed by atoms with Crippen LogP contribution < -0.4 is 5.32 Å². The number of rotatable bonds is 8. The molecule has 19 heavy (non-hydrogen) atoms. The lowest BCUT2D eigenvalue weighted by molar-refractivity contribution is -0.121. The molecule has 0 saturated heterocycles. The van der Waals surface area contributed by atoms with E-state index in [2.05, 4.69) is 51.8 Å². The van der Waals surface area contributed by atoms with E-state index in [1.165, 1.54) is 0 Å². The van der Waals surface area contributed by atoms with E-state index in [1.807, 2.05) is 17.8 Å². The molecule has 1 N–H and O–H groups in total. The first-order valence-corrected chi connectivity index (χ1v) is 7.83. The van der Waals surface area contributed by atoms with Gasteiger partial charge in [0.25, 0.3) is 0 Å². The molecule has 0 spiro atoms. The zero-order valence-electron chi connectivity index (χ0n) is 11.9. The van der Waals surface area contributed by atoms with Crippen LogP contribution in [0.15, 0.2) is 6.20 Å². The number of halogens is 1. The monoisotopic (exact) mass is 378 g/mol. The Kier molecular flexibility index (Phi) is 7.37. The minimum absolute atomic E-state index is 0.0929. The molecule has 6 heteroatoms. The van der Waals surface area contributed by atoms with Gasteiger partial charge in [0.05, 0.1) is 9.26 Å². The third kappa shape index (κ3) is 5.90. The van der Waals surface area contributed by atoms with Gasteiger partial charge in [0, 0.05) is 32.3 Å². The topological polar surface area (TPSA) is 50.2 Å². The Balaban J connectivity index is 2.21. The van der Waals surface area contributed by atoms with E-state index in [0.29, 0.717) is 13.0 Å². The molecule has 1 aromatic heterocycles. The number of carbonyl (C=O) groups excluding carboxylic acids is 1. The van der Waals surface area contributed by atoms with Crippen LogP contribution in [-0.4, -0.2) is 46.8 Å². The van der Waals surface area contributed by atoms with E-state index < -0.39 is 0 Å². The molecule has 0 aromatic carbocycles. The van der Waals surface area contributed by atoms with Gasteiger partial charge in [0.15, 0.2) is 0 Å². The molecule has 1 aromatic rings. The van der Waals surface area contributed by atoms with Gasteiger partial charge in [-0.2, -0.15) is 5.10 Å². The average molecular weight is 378 g/mol. The Bertz CT molecular complexity index is 382. The Morgan fingerprint density at radius 2 is 2.16 bits per heavy atom. The Hall–Kier alpha value is -0.630. The predicted molar refractivity (Wildman–Crippen MR) is 85.1 cm³/mol. The van der Waals surface area contributed by atoms with Crippen molar-refractivity contribution in [3.8, 4) is 0 Å². The summed E-state index contributed by atoms with van der Waals surface area (Å²) < 4.78 is 2.97. The highest BCUT2D eigenvalue weighted by Crippen LogP contribution is 2.08. The van der Waals surface area contributed by atoms with Crippen LogP contribution in [0.5, 0.6) is 0 Å². The number of amides is 1. The highest BCUT2D eigenvalue weighted by atomic mass is 127. The fourth-order valence-corrected chi connectivity index (χ4v) is 2.24. The molecule has 1 heterocycles. The zero-order valence-corrected chi connectivity index (χ0v) is 14.1. The third-order valence-electron chi connectivity index (χ3n) is 3.10. The van der Waals surface area contributed by atoms with Crippen LogP contribution in [0.25, 0.3) is 0 Å². The number of aromatic nitrogens is 2. The standard InChI is InChI=1S/C13H23IN4O/c1-4-17(5-2)9-7-15-13(19)6-8-18-10-12(14)11(3)16-18/h10H,4-9H2,1-3H3,(H,15,19). The molecule has 1 rings (SSSR count). The second kappa shape index (κ2) is 8.52. The highest BCUT2D eigenvalue weighted by molar-refractivity contribution is 14.1. The van der Waals surface area contributed by atoms with Crippen LogP contribution in [0.1, 0.15) is 26.0 Å². The summed E-state index contributed by atoms with van der Waals surface area (Å²) in [7, 11) is 0. The van der Waals surface area contributed by atoms with E-state index in [-0.39, 0.29) is 5.91 Å². The number of hydrogen-bond donors (Lipinski definition) is 1. The quantitative estimate of drug-likeness (QED) is 0.700. The lowest BCUT2D eigenvalue weighted by Gasteiger charge is -2.17. The van der Waals surface area contributed by atoms with Crippen molar-refractivity contribution in [1.82, 2.24) is 20.0 Å². The first kappa shape index (κ1) is 16.4. The second-order valence-electron chi connectivity index (χ2n) is 4.45. The summed E-state index contributed by atoms with van der Waals surface area (Å²) in [6, 6.07) is 0. The summed E-state index contributed by atoms with van der Waals surface area (Å²) in [5, 5.41) is 7.29. The molecule has 0 aliphatic carbocycles. The van der Waals surface area contributed by atoms with Gasteiger partial charge >= 0.3 is 0 Å². The molecule has 0 unspecified atom stereocenters. The minimum Gasteiger partial charge on any atom is -0.355 e. The molecule has 1 amide bonds. The third-order valence-corrected chi connectivity index (χ3v) is 4.16. The number of carbonyl (C=O) groups is 1. The molecule has 5 nitrogen and oxygen atoms in total. The zero-order chi connectivity index (χ0) is 14.3. The Labute approximate surface area is 128 Å². The van der Waals surface area contributed by atoms with Gasteiger partial charge in [0.2, 0.25) is 5.91 Å². The predicted octanol–water partition coefficient (Wildman–Crippen LogP) is 1.64. The van der Waals surface area contributed by atoms with Crippen molar-refractivity contribution in [3.63, 3.8) is 0 Å². The van der Waals surface area contributed by atoms with Gasteiger partial charge in [0.1, 0.15) is 0 Å². The van der Waals surface area contributed by atoms with E-state index in [0.717, 1.165) is 35.4 Å². The summed E-state index contributed by atoms with van der Waals surface area (Å²) in [4.78, 5) is 14.0. The number of aryl methyl sites for hydroxylation is 2. The lowest BCUT2D eigenvalue weighted by Crippen LogP contribution is -2.35. The summed E-state index contributed by atoms with van der Waals surface area (Å²) in [5.74, 6) is 0.0929. The van der Waals surface area contributed by atoms with Crippen LogP contribution in [0.2, 0.25) is 0 Å². The molecule has 0 fully saturated rings. The SMILES string of the molecule is CCN(CC)CCNC(=O)CCn1cc(I)c(C)n1. The van der Waals surface area contributed by atoms with Crippen LogP contribution in [0.3, 0.4) is 0 Å². The van der Waals surface area contributed by atoms with Gasteiger partial charge in [-0.25, -0.2) is 0 Å². The largest absolute Gasteiger partial charge is 0.355 e. The van der Waals surface area contributed by atoms with E-state index in [4.69, 9.17) is 0 Å². The summed E-state index contributed by atoms with van der Waals surface area (Å²) in [5.41, 5.74) is 1.02. The van der Waals surface area contributed by atoms with E-state index >= 15 is 0 Å². The molecule has 0 atom stereocenters. The van der Waals surface area contributed by atoms with Crippen LogP contribution in [0.4, 0.5) is 0 Å². The van der Waals surface area contributed by atoms with Gasteiger partial charge in [-0.15, -0.1) is 0 Å². The molecule has 0 saturated carbocycles. The van der Waals surface area contributed by atoms with Crippen molar-refractivity contribution in [2.45, 2.75) is 33.7 Å². The van der Waals surface area contributed by atoms with Crippen molar-refractivity contribution in [2.24, 2.45) is 0 Å². The summed E-state index contributed by atoms with van der Waals surface area (Å²) in [6.07, 6.45) is 2.45. The first-order valence-electron chi connectivity index (χ1n) is 6.75. The molecular weight excluding hydrogens is 355 g/mol. The van der Waals surface area contributed by atoms with Crippen molar-refractivity contribution >= 4 is 28.5 Å². The molecule has 0 aliphatic heterocycles. The molecular formula is C13H23IN4O. The maximum Gasteiger partial charge on any atom is 0.221 e. The Morgan fingerprint density at radius 3 is 2.68 bits per heavy atom. The first-order chi connectivity index (χ1) is 9.06. The summed E-state index contributed by atoms with van der Waals surface area (Å²) in [6.45, 7) is 10.6. The fourth-order valence-electron chi connectivity index (χ4n) is 1.81. The van der Waals surface area contributed by atoms with Gasteiger partial charge in [-0.1, -0.05) is 13.8 Å². The van der Waals surface area contributed by atoms with Crippen molar-refractivity contribution in [3.05, 3.63) is 15.5 Å². The van der Waals surface area contributed by atoms with Crippen LogP contribution >= 0.6 is 22.6 Å². The van der Waals surface area contributed by atoms with Crippen molar-refractivity contribution in [2.75, 3.05) is 26.2 Å². The fraction of sp³-hybridized carbons (Fsp3) is 0.692. The lowest BCUT2D eigenvalue weighted by atomic mass is 10.4. The number of hydrogen-bond acceptors (Lipinski definition) is 3. The summed E-state index contributed by atoms with van der Waals surface area (Å²) >= 11 is 2.25. The van der Waals surface area contributed by atoms with Crippen molar-refractivity contribution < 1.29 is 4.79 Å². The number of likely N-dealkylation sites (N-methyl/N-ethyl adjacent to an activating group) is 1. The van der Waals surface area contributed by atoms with Crippen molar-refractivity contribution in [1.29, 1.82) is 0 Å². The number of nitrogens with one attached hydrogen (secondary N) is 1. The maximum absolute atomic E-state index is 11.7. The van der Waals surface area contributed by atoms with Crippen LogP contribution in [0, 0.1) is 10.5 Å². The average Bonchev–Trinajstić information content (AvgIpc) is 2.72. The maximum atomic E-state index is 11.7. The molecule has 0 aliphatic rings. The highest BCUT2D eigenvalue weighted by Gasteiger charge is 2.05. The van der Waals surface area contributed by atoms with Gasteiger partial charge in [-0.05, 0) is 42.6 Å². The Morgan fingerprint density at radius 1 is 1.47 bits per heavy atom. The van der Waals surface area contributed by atoms with Gasteiger partial charge < -0.3 is 10.2 Å².